The SMILES string of the molecule is COc1ccccc1CCC(=O)N1CCC(c2noc3nc(C)cc(C(F)(F)F)c23)CC1. The minimum atomic E-state index is -4.53. The van der Waals surface area contributed by atoms with Crippen LogP contribution in [-0.4, -0.2) is 41.1 Å². The van der Waals surface area contributed by atoms with Crippen molar-refractivity contribution >= 4 is 17.0 Å². The van der Waals surface area contributed by atoms with Gasteiger partial charge in [-0.05, 0) is 43.9 Å². The molecule has 1 amide bonds. The topological polar surface area (TPSA) is 68.5 Å². The Morgan fingerprint density at radius 2 is 1.97 bits per heavy atom. The molecule has 2 aromatic heterocycles. The molecule has 0 radical (unpaired) electrons. The maximum atomic E-state index is 13.6. The van der Waals surface area contributed by atoms with Crippen LogP contribution in [0.4, 0.5) is 13.2 Å². The van der Waals surface area contributed by atoms with E-state index in [-0.39, 0.29) is 34.3 Å². The number of fused-ring (bicyclic) bond motifs is 1. The smallest absolute Gasteiger partial charge is 0.417 e. The Kier molecular flexibility index (Phi) is 6.08. The Morgan fingerprint density at radius 3 is 2.66 bits per heavy atom. The number of alkyl halides is 3. The minimum Gasteiger partial charge on any atom is -0.496 e. The van der Waals surface area contributed by atoms with Crippen molar-refractivity contribution in [2.24, 2.45) is 0 Å². The van der Waals surface area contributed by atoms with Gasteiger partial charge in [0.05, 0.1) is 23.8 Å². The van der Waals surface area contributed by atoms with Gasteiger partial charge >= 0.3 is 6.18 Å². The third-order valence-electron chi connectivity index (χ3n) is 5.94. The number of pyridine rings is 1. The molecule has 1 fully saturated rings. The Hall–Kier alpha value is -3.10. The summed E-state index contributed by atoms with van der Waals surface area (Å²) < 4.78 is 51.3. The van der Waals surface area contributed by atoms with Crippen molar-refractivity contribution in [1.29, 1.82) is 0 Å². The molecule has 0 aliphatic carbocycles. The lowest BCUT2D eigenvalue weighted by Gasteiger charge is -2.31. The summed E-state index contributed by atoms with van der Waals surface area (Å²) in [6, 6.07) is 8.60. The molecule has 4 rings (SSSR count). The lowest BCUT2D eigenvalue weighted by Crippen LogP contribution is -2.38. The Morgan fingerprint density at radius 1 is 1.25 bits per heavy atom. The highest BCUT2D eigenvalue weighted by atomic mass is 19.4. The van der Waals surface area contributed by atoms with Crippen molar-refractivity contribution in [3.05, 3.63) is 52.8 Å². The van der Waals surface area contributed by atoms with Gasteiger partial charge in [0.15, 0.2) is 0 Å². The van der Waals surface area contributed by atoms with E-state index in [4.69, 9.17) is 9.26 Å². The lowest BCUT2D eigenvalue weighted by molar-refractivity contribution is -0.136. The molecular formula is C23H24F3N3O3. The van der Waals surface area contributed by atoms with E-state index in [1.807, 2.05) is 24.3 Å². The van der Waals surface area contributed by atoms with Crippen LogP contribution in [0.5, 0.6) is 5.75 Å². The number of piperidine rings is 1. The molecule has 0 atom stereocenters. The van der Waals surface area contributed by atoms with Gasteiger partial charge in [0.2, 0.25) is 5.91 Å². The number of para-hydroxylation sites is 1. The Balaban J connectivity index is 1.44. The number of carbonyl (C=O) groups excluding carboxylic acids is 1. The van der Waals surface area contributed by atoms with Gasteiger partial charge in [-0.3, -0.25) is 4.79 Å². The average Bonchev–Trinajstić information content (AvgIpc) is 3.20. The first-order valence-corrected chi connectivity index (χ1v) is 10.5. The number of amides is 1. The second-order valence-electron chi connectivity index (χ2n) is 8.02. The van der Waals surface area contributed by atoms with E-state index in [2.05, 4.69) is 10.1 Å². The monoisotopic (exact) mass is 447 g/mol. The molecule has 3 aromatic rings. The zero-order valence-corrected chi connectivity index (χ0v) is 17.9. The number of aromatic nitrogens is 2. The summed E-state index contributed by atoms with van der Waals surface area (Å²) in [5, 5.41) is 3.88. The highest BCUT2D eigenvalue weighted by Gasteiger charge is 2.37. The number of benzene rings is 1. The number of carbonyl (C=O) groups is 1. The Labute approximate surface area is 183 Å². The number of rotatable bonds is 5. The molecule has 9 heteroatoms. The van der Waals surface area contributed by atoms with Crippen LogP contribution in [0.1, 0.15) is 47.7 Å². The maximum Gasteiger partial charge on any atom is 0.417 e. The summed E-state index contributed by atoms with van der Waals surface area (Å²) in [7, 11) is 1.60. The normalized spacial score (nSPS) is 15.3. The number of hydrogen-bond acceptors (Lipinski definition) is 5. The minimum absolute atomic E-state index is 0.0210. The van der Waals surface area contributed by atoms with Crippen LogP contribution in [0.15, 0.2) is 34.9 Å². The van der Waals surface area contributed by atoms with Crippen LogP contribution in [0.3, 0.4) is 0 Å². The van der Waals surface area contributed by atoms with Gasteiger partial charge in [0.1, 0.15) is 5.75 Å². The van der Waals surface area contributed by atoms with E-state index < -0.39 is 11.7 Å². The van der Waals surface area contributed by atoms with Crippen molar-refractivity contribution in [2.75, 3.05) is 20.2 Å². The van der Waals surface area contributed by atoms with E-state index in [9.17, 15) is 18.0 Å². The van der Waals surface area contributed by atoms with Crippen molar-refractivity contribution in [2.45, 2.75) is 44.7 Å². The zero-order valence-electron chi connectivity index (χ0n) is 17.9. The number of ether oxygens (including phenoxy) is 1. The van der Waals surface area contributed by atoms with E-state index in [0.717, 1.165) is 17.4 Å². The first-order valence-electron chi connectivity index (χ1n) is 10.5. The van der Waals surface area contributed by atoms with Gasteiger partial charge in [-0.1, -0.05) is 23.4 Å². The molecule has 170 valence electrons. The van der Waals surface area contributed by atoms with E-state index in [1.54, 1.807) is 12.0 Å². The van der Waals surface area contributed by atoms with Gasteiger partial charge in [0, 0.05) is 31.1 Å². The second-order valence-corrected chi connectivity index (χ2v) is 8.02. The van der Waals surface area contributed by atoms with E-state index in [1.165, 1.54) is 6.92 Å². The molecule has 0 N–H and O–H groups in total. The van der Waals surface area contributed by atoms with Crippen molar-refractivity contribution < 1.29 is 27.2 Å². The van der Waals surface area contributed by atoms with Crippen LogP contribution in [0.2, 0.25) is 0 Å². The summed E-state index contributed by atoms with van der Waals surface area (Å²) in [6.07, 6.45) is -2.57. The van der Waals surface area contributed by atoms with E-state index >= 15 is 0 Å². The fraction of sp³-hybridized carbons (Fsp3) is 0.435. The van der Waals surface area contributed by atoms with Crippen LogP contribution in [-0.2, 0) is 17.4 Å². The van der Waals surface area contributed by atoms with Crippen LogP contribution >= 0.6 is 0 Å². The molecule has 6 nitrogen and oxygen atoms in total. The third-order valence-corrected chi connectivity index (χ3v) is 5.94. The van der Waals surface area contributed by atoms with Gasteiger partial charge in [-0.2, -0.15) is 13.2 Å². The summed E-state index contributed by atoms with van der Waals surface area (Å²) in [5.41, 5.74) is 0.605. The quantitative estimate of drug-likeness (QED) is 0.557. The standard InChI is InChI=1S/C23H24F3N3O3/c1-14-13-17(23(24,25)26)20-21(28-32-22(20)27-14)16-9-11-29(12-10-16)19(30)8-7-15-5-3-4-6-18(15)31-2/h3-6,13,16H,7-12H2,1-2H3. The molecule has 32 heavy (non-hydrogen) atoms. The predicted molar refractivity (Wildman–Crippen MR) is 111 cm³/mol. The molecular weight excluding hydrogens is 423 g/mol. The Bertz CT molecular complexity index is 1120. The highest BCUT2D eigenvalue weighted by Crippen LogP contribution is 2.40. The van der Waals surface area contributed by atoms with Crippen molar-refractivity contribution in [3.63, 3.8) is 0 Å². The molecule has 1 aromatic carbocycles. The lowest BCUT2D eigenvalue weighted by atomic mass is 9.90. The summed E-state index contributed by atoms with van der Waals surface area (Å²) in [6.45, 7) is 2.42. The number of aryl methyl sites for hydroxylation is 2. The summed E-state index contributed by atoms with van der Waals surface area (Å²) in [4.78, 5) is 18.5. The molecule has 0 unspecified atom stereocenters. The zero-order chi connectivity index (χ0) is 22.9. The van der Waals surface area contributed by atoms with Gasteiger partial charge in [0.25, 0.3) is 5.71 Å². The van der Waals surface area contributed by atoms with Crippen LogP contribution in [0, 0.1) is 6.92 Å². The van der Waals surface area contributed by atoms with Gasteiger partial charge in [-0.15, -0.1) is 0 Å². The average molecular weight is 447 g/mol. The summed E-state index contributed by atoms with van der Waals surface area (Å²) in [5.74, 6) is 0.550. The molecule has 1 aliphatic heterocycles. The fourth-order valence-electron chi connectivity index (χ4n) is 4.31. The molecule has 3 heterocycles. The maximum absolute atomic E-state index is 13.6. The number of halogens is 3. The van der Waals surface area contributed by atoms with Crippen molar-refractivity contribution in [1.82, 2.24) is 15.0 Å². The number of likely N-dealkylation sites (tertiary alicyclic amines) is 1. The predicted octanol–water partition coefficient (Wildman–Crippen LogP) is 4.90. The molecule has 0 saturated carbocycles. The first-order chi connectivity index (χ1) is 15.3. The largest absolute Gasteiger partial charge is 0.496 e. The number of methoxy groups -OCH3 is 1. The van der Waals surface area contributed by atoms with E-state index in [0.29, 0.717) is 38.8 Å². The second kappa shape index (κ2) is 8.80. The van der Waals surface area contributed by atoms with Gasteiger partial charge in [-0.25, -0.2) is 4.98 Å². The van der Waals surface area contributed by atoms with Crippen LogP contribution < -0.4 is 4.74 Å². The molecule has 1 saturated heterocycles. The molecule has 1 aliphatic rings. The third kappa shape index (κ3) is 4.42. The highest BCUT2D eigenvalue weighted by molar-refractivity contribution is 5.82. The summed E-state index contributed by atoms with van der Waals surface area (Å²) >= 11 is 0. The van der Waals surface area contributed by atoms with Crippen LogP contribution in [0.25, 0.3) is 11.1 Å². The molecule has 0 spiro atoms. The van der Waals surface area contributed by atoms with Gasteiger partial charge < -0.3 is 14.2 Å². The number of hydrogen-bond donors (Lipinski definition) is 0. The fourth-order valence-corrected chi connectivity index (χ4v) is 4.31. The number of nitrogens with zero attached hydrogens (tertiary/aromatic N) is 3. The first kappa shape index (κ1) is 22.1. The molecule has 0 bridgehead atoms. The van der Waals surface area contributed by atoms with Crippen molar-refractivity contribution in [3.8, 4) is 5.75 Å².